The van der Waals surface area contributed by atoms with Gasteiger partial charge in [0.05, 0.1) is 6.54 Å². The van der Waals surface area contributed by atoms with Gasteiger partial charge in [0.15, 0.2) is 11.6 Å². The Hall–Kier alpha value is -1.23. The van der Waals surface area contributed by atoms with E-state index in [1.807, 2.05) is 0 Å². The van der Waals surface area contributed by atoms with Crippen molar-refractivity contribution in [1.82, 2.24) is 5.32 Å². The molecule has 0 saturated carbocycles. The van der Waals surface area contributed by atoms with Crippen molar-refractivity contribution in [2.75, 3.05) is 6.54 Å². The molecular weight excluding hydrogens is 195 g/mol. The molecule has 1 aromatic rings. The van der Waals surface area contributed by atoms with Gasteiger partial charge in [0.2, 0.25) is 0 Å². The maximum absolute atomic E-state index is 12.7. The van der Waals surface area contributed by atoms with Crippen molar-refractivity contribution in [3.8, 4) is 5.75 Å². The summed E-state index contributed by atoms with van der Waals surface area (Å²) in [6, 6.07) is 3.76. The Morgan fingerprint density at radius 2 is 2.07 bits per heavy atom. The molecule has 1 rings (SSSR count). The third kappa shape index (κ3) is 3.26. The van der Waals surface area contributed by atoms with E-state index in [4.69, 9.17) is 5.11 Å². The van der Waals surface area contributed by atoms with Gasteiger partial charge in [0.1, 0.15) is 0 Å². The number of phenols is 1. The molecule has 0 aliphatic rings. The van der Waals surface area contributed by atoms with Crippen LogP contribution in [0.3, 0.4) is 0 Å². The molecule has 78 valence electrons. The molecule has 2 N–H and O–H groups in total. The van der Waals surface area contributed by atoms with Gasteiger partial charge in [-0.2, -0.15) is 0 Å². The summed E-state index contributed by atoms with van der Waals surface area (Å²) in [5.41, 5.74) is 0.515. The van der Waals surface area contributed by atoms with E-state index in [0.29, 0.717) is 5.56 Å². The van der Waals surface area contributed by atoms with Crippen LogP contribution in [0.25, 0.3) is 0 Å². The van der Waals surface area contributed by atoms with Crippen LogP contribution in [0.15, 0.2) is 18.2 Å². The first kappa shape index (κ1) is 10.8. The van der Waals surface area contributed by atoms with Crippen LogP contribution in [-0.4, -0.2) is 18.1 Å². The molecule has 0 aromatic heterocycles. The highest BCUT2D eigenvalue weighted by Gasteiger charge is 2.03. The molecule has 0 amide bonds. The van der Waals surface area contributed by atoms with Crippen LogP contribution in [0.5, 0.6) is 5.75 Å². The largest absolute Gasteiger partial charge is 0.505 e. The van der Waals surface area contributed by atoms with Gasteiger partial charge in [-0.1, -0.05) is 6.07 Å². The topological polar surface area (TPSA) is 32.3 Å². The molecule has 0 saturated heterocycles. The molecule has 0 unspecified atom stereocenters. The molecule has 0 fully saturated rings. The van der Waals surface area contributed by atoms with E-state index in [2.05, 4.69) is 5.32 Å². The van der Waals surface area contributed by atoms with Crippen LogP contribution in [0, 0.1) is 5.82 Å². The number of benzene rings is 1. The average molecular weight is 205 g/mol. The molecule has 5 heteroatoms. The summed E-state index contributed by atoms with van der Waals surface area (Å²) in [4.78, 5) is 0. The SMILES string of the molecule is Oc1ccc(CNCC(F)F)cc1F. The number of alkyl halides is 2. The van der Waals surface area contributed by atoms with E-state index in [1.165, 1.54) is 12.1 Å². The third-order valence-electron chi connectivity index (χ3n) is 1.64. The second-order valence-electron chi connectivity index (χ2n) is 2.81. The van der Waals surface area contributed by atoms with E-state index in [0.717, 1.165) is 6.07 Å². The molecule has 0 radical (unpaired) electrons. The van der Waals surface area contributed by atoms with Crippen molar-refractivity contribution < 1.29 is 18.3 Å². The molecule has 0 aliphatic heterocycles. The van der Waals surface area contributed by atoms with Crippen molar-refractivity contribution in [2.45, 2.75) is 13.0 Å². The van der Waals surface area contributed by atoms with Gasteiger partial charge in [-0.05, 0) is 17.7 Å². The quantitative estimate of drug-likeness (QED) is 0.786. The Bertz CT molecular complexity index is 304. The van der Waals surface area contributed by atoms with Crippen LogP contribution in [0.1, 0.15) is 5.56 Å². The van der Waals surface area contributed by atoms with Gasteiger partial charge in [0.25, 0.3) is 6.43 Å². The predicted molar refractivity (Wildman–Crippen MR) is 45.8 cm³/mol. The molecule has 0 aliphatic carbocycles. The second kappa shape index (κ2) is 4.85. The number of phenolic OH excluding ortho intramolecular Hbond substituents is 1. The molecule has 0 heterocycles. The lowest BCUT2D eigenvalue weighted by molar-refractivity contribution is 0.145. The lowest BCUT2D eigenvalue weighted by Gasteiger charge is -2.04. The summed E-state index contributed by atoms with van der Waals surface area (Å²) < 4.78 is 36.1. The highest BCUT2D eigenvalue weighted by molar-refractivity contribution is 5.27. The molecule has 0 spiro atoms. The first-order chi connectivity index (χ1) is 6.59. The summed E-state index contributed by atoms with van der Waals surface area (Å²) in [5, 5.41) is 11.3. The lowest BCUT2D eigenvalue weighted by Crippen LogP contribution is -2.20. The van der Waals surface area contributed by atoms with Crippen LogP contribution >= 0.6 is 0 Å². The van der Waals surface area contributed by atoms with Crippen LogP contribution in [-0.2, 0) is 6.54 Å². The Kier molecular flexibility index (Phi) is 3.76. The van der Waals surface area contributed by atoms with Gasteiger partial charge < -0.3 is 10.4 Å². The fourth-order valence-corrected chi connectivity index (χ4v) is 0.986. The molecule has 14 heavy (non-hydrogen) atoms. The average Bonchev–Trinajstić information content (AvgIpc) is 2.10. The fraction of sp³-hybridized carbons (Fsp3) is 0.333. The Balaban J connectivity index is 2.47. The zero-order chi connectivity index (χ0) is 10.6. The normalized spacial score (nSPS) is 10.9. The first-order valence-corrected chi connectivity index (χ1v) is 4.06. The van der Waals surface area contributed by atoms with Gasteiger partial charge in [-0.25, -0.2) is 13.2 Å². The van der Waals surface area contributed by atoms with Gasteiger partial charge in [-0.15, -0.1) is 0 Å². The monoisotopic (exact) mass is 205 g/mol. The van der Waals surface area contributed by atoms with E-state index >= 15 is 0 Å². The smallest absolute Gasteiger partial charge is 0.250 e. The van der Waals surface area contributed by atoms with Crippen LogP contribution in [0.4, 0.5) is 13.2 Å². The zero-order valence-electron chi connectivity index (χ0n) is 7.30. The lowest BCUT2D eigenvalue weighted by atomic mass is 10.2. The van der Waals surface area contributed by atoms with E-state index in [-0.39, 0.29) is 6.54 Å². The van der Waals surface area contributed by atoms with E-state index in [1.54, 1.807) is 0 Å². The Labute approximate surface area is 79.4 Å². The van der Waals surface area contributed by atoms with Gasteiger partial charge >= 0.3 is 0 Å². The number of hydrogen-bond donors (Lipinski definition) is 2. The molecule has 0 atom stereocenters. The second-order valence-corrected chi connectivity index (χ2v) is 2.81. The predicted octanol–water partition coefficient (Wildman–Crippen LogP) is 1.89. The Morgan fingerprint density at radius 1 is 1.36 bits per heavy atom. The minimum atomic E-state index is -2.42. The molecule has 1 aromatic carbocycles. The van der Waals surface area contributed by atoms with Crippen molar-refractivity contribution >= 4 is 0 Å². The Morgan fingerprint density at radius 3 is 2.64 bits per heavy atom. The first-order valence-electron chi connectivity index (χ1n) is 4.06. The van der Waals surface area contributed by atoms with Crippen molar-refractivity contribution in [1.29, 1.82) is 0 Å². The van der Waals surface area contributed by atoms with Crippen molar-refractivity contribution in [2.24, 2.45) is 0 Å². The highest BCUT2D eigenvalue weighted by Crippen LogP contribution is 2.15. The zero-order valence-corrected chi connectivity index (χ0v) is 7.30. The summed E-state index contributed by atoms with van der Waals surface area (Å²) in [6.07, 6.45) is -2.42. The number of aromatic hydroxyl groups is 1. The minimum Gasteiger partial charge on any atom is -0.505 e. The fourth-order valence-electron chi connectivity index (χ4n) is 0.986. The number of rotatable bonds is 4. The summed E-state index contributed by atoms with van der Waals surface area (Å²) >= 11 is 0. The molecule has 0 bridgehead atoms. The minimum absolute atomic E-state index is 0.154. The molecular formula is C9H10F3NO. The molecule has 2 nitrogen and oxygen atoms in total. The standard InChI is InChI=1S/C9H10F3NO/c10-7-3-6(1-2-8(7)14)4-13-5-9(11)12/h1-3,9,13-14H,4-5H2. The van der Waals surface area contributed by atoms with E-state index in [9.17, 15) is 13.2 Å². The maximum Gasteiger partial charge on any atom is 0.250 e. The summed E-state index contributed by atoms with van der Waals surface area (Å²) in [5.74, 6) is -1.19. The van der Waals surface area contributed by atoms with Crippen LogP contribution < -0.4 is 5.32 Å². The van der Waals surface area contributed by atoms with Gasteiger partial charge in [0, 0.05) is 6.54 Å². The summed E-state index contributed by atoms with van der Waals surface area (Å²) in [6.45, 7) is -0.274. The van der Waals surface area contributed by atoms with Crippen molar-refractivity contribution in [3.63, 3.8) is 0 Å². The van der Waals surface area contributed by atoms with Crippen LogP contribution in [0.2, 0.25) is 0 Å². The highest BCUT2D eigenvalue weighted by atomic mass is 19.3. The van der Waals surface area contributed by atoms with Crippen molar-refractivity contribution in [3.05, 3.63) is 29.6 Å². The number of nitrogens with one attached hydrogen (secondary N) is 1. The number of hydrogen-bond acceptors (Lipinski definition) is 2. The third-order valence-corrected chi connectivity index (χ3v) is 1.64. The maximum atomic E-state index is 12.7. The number of halogens is 3. The van der Waals surface area contributed by atoms with E-state index < -0.39 is 24.5 Å². The summed E-state index contributed by atoms with van der Waals surface area (Å²) in [7, 11) is 0. The van der Waals surface area contributed by atoms with Gasteiger partial charge in [-0.3, -0.25) is 0 Å².